The molecule has 2 aromatic heterocycles. The van der Waals surface area contributed by atoms with E-state index in [1.165, 1.54) is 5.56 Å². The fraction of sp³-hybridized carbons (Fsp3) is 0.435. The average Bonchev–Trinajstić information content (AvgIpc) is 3.02. The predicted octanol–water partition coefficient (Wildman–Crippen LogP) is 4.66. The summed E-state index contributed by atoms with van der Waals surface area (Å²) < 4.78 is 1.92. The number of carbonyl (C=O) groups excluding carboxylic acids is 1. The first-order chi connectivity index (χ1) is 14.6. The summed E-state index contributed by atoms with van der Waals surface area (Å²) in [6.07, 6.45) is 1.74. The first kappa shape index (κ1) is 21.4. The molecule has 1 aliphatic heterocycles. The largest absolute Gasteiger partial charge is 0.352 e. The molecule has 1 aromatic carbocycles. The Morgan fingerprint density at radius 2 is 2.00 bits per heavy atom. The Hall–Kier alpha value is -2.80. The lowest BCUT2D eigenvalue weighted by Crippen LogP contribution is -2.55. The zero-order valence-corrected chi connectivity index (χ0v) is 19.4. The van der Waals surface area contributed by atoms with Gasteiger partial charge in [0.2, 0.25) is 5.95 Å². The Kier molecular flexibility index (Phi) is 5.56. The molecule has 8 heteroatoms. The second-order valence-electron chi connectivity index (χ2n) is 9.18. The van der Waals surface area contributed by atoms with Crippen LogP contribution in [0.1, 0.15) is 33.3 Å². The molecule has 3 heterocycles. The summed E-state index contributed by atoms with van der Waals surface area (Å²) in [7, 11) is 1.92. The summed E-state index contributed by atoms with van der Waals surface area (Å²) >= 11 is 6.30. The highest BCUT2D eigenvalue weighted by molar-refractivity contribution is 6.32. The number of halogens is 1. The maximum absolute atomic E-state index is 13.0. The molecular formula is C23H29ClN6O. The first-order valence-corrected chi connectivity index (χ1v) is 10.9. The van der Waals surface area contributed by atoms with E-state index in [0.29, 0.717) is 30.6 Å². The second-order valence-corrected chi connectivity index (χ2v) is 9.58. The standard InChI is InChI=1S/C23H29ClN6O/c1-15-14-29(20-17(24)7-6-10-25-20)11-12-30(15)22(31)27-21-26-18-13-16(23(2,3)4)8-9-19(18)28(21)5/h6-10,13,15H,11-12,14H2,1-5H3,(H,26,27,31)/t15-/m1/s1. The zero-order valence-electron chi connectivity index (χ0n) is 18.7. The fourth-order valence-corrected chi connectivity index (χ4v) is 4.25. The van der Waals surface area contributed by atoms with Crippen LogP contribution in [-0.2, 0) is 12.5 Å². The van der Waals surface area contributed by atoms with E-state index in [9.17, 15) is 4.79 Å². The van der Waals surface area contributed by atoms with Gasteiger partial charge in [-0.3, -0.25) is 5.32 Å². The van der Waals surface area contributed by atoms with E-state index in [2.05, 4.69) is 59.2 Å². The minimum Gasteiger partial charge on any atom is -0.352 e. The Morgan fingerprint density at radius 1 is 1.23 bits per heavy atom. The Balaban J connectivity index is 1.49. The number of nitrogens with zero attached hydrogens (tertiary/aromatic N) is 5. The Labute approximate surface area is 188 Å². The molecule has 7 nitrogen and oxygen atoms in total. The molecule has 0 aliphatic carbocycles. The van der Waals surface area contributed by atoms with Gasteiger partial charge in [-0.15, -0.1) is 0 Å². The lowest BCUT2D eigenvalue weighted by atomic mass is 9.87. The molecule has 0 unspecified atom stereocenters. The van der Waals surface area contributed by atoms with Gasteiger partial charge in [0.25, 0.3) is 0 Å². The summed E-state index contributed by atoms with van der Waals surface area (Å²) in [5.74, 6) is 1.31. The first-order valence-electron chi connectivity index (χ1n) is 10.5. The zero-order chi connectivity index (χ0) is 22.3. The molecule has 0 spiro atoms. The summed E-state index contributed by atoms with van der Waals surface area (Å²) in [5.41, 5.74) is 3.13. The third-order valence-electron chi connectivity index (χ3n) is 5.89. The Morgan fingerprint density at radius 3 is 2.68 bits per heavy atom. The number of anilines is 2. The van der Waals surface area contributed by atoms with Crippen LogP contribution in [0.25, 0.3) is 11.0 Å². The van der Waals surface area contributed by atoms with Gasteiger partial charge in [-0.1, -0.05) is 38.4 Å². The van der Waals surface area contributed by atoms with E-state index in [0.717, 1.165) is 16.9 Å². The number of pyridine rings is 1. The van der Waals surface area contributed by atoms with Crippen molar-refractivity contribution in [2.45, 2.75) is 39.2 Å². The fourth-order valence-electron chi connectivity index (χ4n) is 4.01. The van der Waals surface area contributed by atoms with Crippen LogP contribution in [0.3, 0.4) is 0 Å². The summed E-state index contributed by atoms with van der Waals surface area (Å²) in [4.78, 5) is 26.1. The summed E-state index contributed by atoms with van der Waals surface area (Å²) in [5, 5.41) is 3.63. The van der Waals surface area contributed by atoms with E-state index >= 15 is 0 Å². The number of benzene rings is 1. The molecule has 4 rings (SSSR count). The molecule has 1 fully saturated rings. The monoisotopic (exact) mass is 440 g/mol. The molecule has 1 atom stereocenters. The number of hydrogen-bond acceptors (Lipinski definition) is 4. The highest BCUT2D eigenvalue weighted by atomic mass is 35.5. The van der Waals surface area contributed by atoms with Crippen molar-refractivity contribution < 1.29 is 4.79 Å². The molecular weight excluding hydrogens is 412 g/mol. The number of nitrogens with one attached hydrogen (secondary N) is 1. The van der Waals surface area contributed by atoms with E-state index < -0.39 is 0 Å². The maximum Gasteiger partial charge on any atom is 0.324 e. The number of fused-ring (bicyclic) bond motifs is 1. The molecule has 31 heavy (non-hydrogen) atoms. The maximum atomic E-state index is 13.0. The van der Waals surface area contributed by atoms with E-state index in [-0.39, 0.29) is 17.5 Å². The Bertz CT molecular complexity index is 1120. The lowest BCUT2D eigenvalue weighted by molar-refractivity contribution is 0.184. The average molecular weight is 441 g/mol. The molecule has 1 N–H and O–H groups in total. The number of piperazine rings is 1. The molecule has 1 saturated heterocycles. The van der Waals surface area contributed by atoms with Gasteiger partial charge in [-0.05, 0) is 42.2 Å². The molecule has 164 valence electrons. The third kappa shape index (κ3) is 4.19. The number of amides is 2. The molecule has 0 radical (unpaired) electrons. The minimum atomic E-state index is -0.145. The van der Waals surface area contributed by atoms with E-state index in [4.69, 9.17) is 11.6 Å². The number of urea groups is 1. The van der Waals surface area contributed by atoms with Gasteiger partial charge in [0.1, 0.15) is 5.82 Å². The van der Waals surface area contributed by atoms with Crippen molar-refractivity contribution in [3.63, 3.8) is 0 Å². The number of hydrogen-bond donors (Lipinski definition) is 1. The second kappa shape index (κ2) is 8.04. The quantitative estimate of drug-likeness (QED) is 0.629. The predicted molar refractivity (Wildman–Crippen MR) is 126 cm³/mol. The number of rotatable bonds is 2. The number of imidazole rings is 1. The van der Waals surface area contributed by atoms with Crippen LogP contribution < -0.4 is 10.2 Å². The van der Waals surface area contributed by atoms with Gasteiger partial charge in [0, 0.05) is 38.9 Å². The number of aryl methyl sites for hydroxylation is 1. The number of carbonyl (C=O) groups is 1. The smallest absolute Gasteiger partial charge is 0.324 e. The van der Waals surface area contributed by atoms with Crippen molar-refractivity contribution in [3.05, 3.63) is 47.1 Å². The van der Waals surface area contributed by atoms with Crippen molar-refractivity contribution >= 4 is 40.4 Å². The molecule has 0 bridgehead atoms. The molecule has 0 saturated carbocycles. The van der Waals surface area contributed by atoms with Crippen molar-refractivity contribution in [2.75, 3.05) is 29.9 Å². The number of aromatic nitrogens is 3. The van der Waals surface area contributed by atoms with E-state index in [1.807, 2.05) is 35.6 Å². The van der Waals surface area contributed by atoms with Gasteiger partial charge < -0.3 is 14.4 Å². The highest BCUT2D eigenvalue weighted by Gasteiger charge is 2.29. The summed E-state index contributed by atoms with van der Waals surface area (Å²) in [6, 6.07) is 9.81. The van der Waals surface area contributed by atoms with Crippen LogP contribution in [0.4, 0.5) is 16.6 Å². The third-order valence-corrected chi connectivity index (χ3v) is 6.19. The van der Waals surface area contributed by atoms with Crippen LogP contribution in [0.5, 0.6) is 0 Å². The van der Waals surface area contributed by atoms with Gasteiger partial charge in [-0.25, -0.2) is 14.8 Å². The SMILES string of the molecule is C[C@@H]1CN(c2ncccc2Cl)CCN1C(=O)Nc1nc2cc(C(C)(C)C)ccc2n1C. The summed E-state index contributed by atoms with van der Waals surface area (Å²) in [6.45, 7) is 10.5. The van der Waals surface area contributed by atoms with Crippen molar-refractivity contribution in [1.29, 1.82) is 0 Å². The van der Waals surface area contributed by atoms with Gasteiger partial charge >= 0.3 is 6.03 Å². The van der Waals surface area contributed by atoms with Crippen molar-refractivity contribution in [3.8, 4) is 0 Å². The normalized spacial score (nSPS) is 17.3. The molecule has 3 aromatic rings. The van der Waals surface area contributed by atoms with Gasteiger partial charge in [0.15, 0.2) is 0 Å². The topological polar surface area (TPSA) is 66.3 Å². The van der Waals surface area contributed by atoms with Crippen LogP contribution in [0, 0.1) is 0 Å². The van der Waals surface area contributed by atoms with E-state index in [1.54, 1.807) is 6.20 Å². The van der Waals surface area contributed by atoms with Crippen LogP contribution >= 0.6 is 11.6 Å². The van der Waals surface area contributed by atoms with Crippen LogP contribution in [-0.4, -0.2) is 51.1 Å². The van der Waals surface area contributed by atoms with Gasteiger partial charge in [-0.2, -0.15) is 0 Å². The highest BCUT2D eigenvalue weighted by Crippen LogP contribution is 2.28. The van der Waals surface area contributed by atoms with Crippen LogP contribution in [0.2, 0.25) is 5.02 Å². The van der Waals surface area contributed by atoms with Crippen LogP contribution in [0.15, 0.2) is 36.5 Å². The van der Waals surface area contributed by atoms with Gasteiger partial charge in [0.05, 0.1) is 16.1 Å². The molecule has 2 amide bonds. The van der Waals surface area contributed by atoms with Crippen molar-refractivity contribution in [2.24, 2.45) is 7.05 Å². The molecule has 1 aliphatic rings. The van der Waals surface area contributed by atoms with Crippen molar-refractivity contribution in [1.82, 2.24) is 19.4 Å². The minimum absolute atomic E-state index is 0.00833. The lowest BCUT2D eigenvalue weighted by Gasteiger charge is -2.40.